The van der Waals surface area contributed by atoms with Crippen LogP contribution in [-0.2, 0) is 11.3 Å². The first kappa shape index (κ1) is 9.86. The maximum Gasteiger partial charge on any atom is 0.128 e. The summed E-state index contributed by atoms with van der Waals surface area (Å²) in [4.78, 5) is 0. The third kappa shape index (κ3) is 2.63. The summed E-state index contributed by atoms with van der Waals surface area (Å²) >= 11 is 0. The number of hydrogen-bond donors (Lipinski definition) is 1. The van der Waals surface area contributed by atoms with Crippen LogP contribution in [0.2, 0.25) is 0 Å². The Balaban J connectivity index is 2.79. The molecule has 0 spiro atoms. The summed E-state index contributed by atoms with van der Waals surface area (Å²) in [5, 5.41) is 9.17. The number of aromatic hydroxyl groups is 1. The fraction of sp³-hybridized carbons (Fsp3) is 0.400. The second kappa shape index (κ2) is 4.72. The van der Waals surface area contributed by atoms with Crippen molar-refractivity contribution in [1.82, 2.24) is 0 Å². The molecule has 0 saturated heterocycles. The zero-order chi connectivity index (χ0) is 9.68. The van der Waals surface area contributed by atoms with Crippen molar-refractivity contribution < 1.29 is 14.6 Å². The molecule has 0 atom stereocenters. The summed E-state index contributed by atoms with van der Waals surface area (Å²) in [6.45, 7) is 3.12. The number of phenolic OH excluding ortho intramolecular Hbond substituents is 1. The highest BCUT2D eigenvalue weighted by molar-refractivity contribution is 5.39. The second-order valence-corrected chi connectivity index (χ2v) is 2.63. The second-order valence-electron chi connectivity index (χ2n) is 2.63. The molecule has 1 N–H and O–H groups in total. The highest BCUT2D eigenvalue weighted by Crippen LogP contribution is 2.24. The van der Waals surface area contributed by atoms with E-state index in [1.54, 1.807) is 25.3 Å². The Labute approximate surface area is 77.9 Å². The van der Waals surface area contributed by atoms with Crippen molar-refractivity contribution in [1.29, 1.82) is 0 Å². The van der Waals surface area contributed by atoms with Crippen molar-refractivity contribution >= 4 is 0 Å². The monoisotopic (exact) mass is 182 g/mol. The van der Waals surface area contributed by atoms with Crippen LogP contribution in [0.3, 0.4) is 0 Å². The lowest BCUT2D eigenvalue weighted by atomic mass is 10.2. The van der Waals surface area contributed by atoms with Crippen molar-refractivity contribution in [3.05, 3.63) is 23.8 Å². The average Bonchev–Trinajstić information content (AvgIpc) is 2.16. The Hall–Kier alpha value is -1.22. The third-order valence-corrected chi connectivity index (χ3v) is 1.73. The summed E-state index contributed by atoms with van der Waals surface area (Å²) in [6.07, 6.45) is 0. The predicted molar refractivity (Wildman–Crippen MR) is 50.0 cm³/mol. The maximum absolute atomic E-state index is 9.17. The molecule has 1 rings (SSSR count). The summed E-state index contributed by atoms with van der Waals surface area (Å²) in [7, 11) is 1.57. The SMILES string of the molecule is CCOCc1ccc(O)cc1OC. The molecule has 1 aromatic rings. The fourth-order valence-corrected chi connectivity index (χ4v) is 1.06. The van der Waals surface area contributed by atoms with Crippen molar-refractivity contribution in [2.24, 2.45) is 0 Å². The standard InChI is InChI=1S/C10H14O3/c1-3-13-7-8-4-5-9(11)6-10(8)12-2/h4-6,11H,3,7H2,1-2H3. The Bertz CT molecular complexity index is 271. The van der Waals surface area contributed by atoms with Crippen LogP contribution in [0.5, 0.6) is 11.5 Å². The van der Waals surface area contributed by atoms with E-state index >= 15 is 0 Å². The van der Waals surface area contributed by atoms with E-state index in [0.717, 1.165) is 5.56 Å². The molecule has 72 valence electrons. The first-order valence-electron chi connectivity index (χ1n) is 4.21. The number of methoxy groups -OCH3 is 1. The Morgan fingerprint density at radius 1 is 1.38 bits per heavy atom. The molecule has 13 heavy (non-hydrogen) atoms. The van der Waals surface area contributed by atoms with Gasteiger partial charge >= 0.3 is 0 Å². The summed E-state index contributed by atoms with van der Waals surface area (Å²) in [5.74, 6) is 0.866. The largest absolute Gasteiger partial charge is 0.508 e. The Morgan fingerprint density at radius 3 is 2.77 bits per heavy atom. The van der Waals surface area contributed by atoms with Crippen LogP contribution >= 0.6 is 0 Å². The van der Waals surface area contributed by atoms with Gasteiger partial charge < -0.3 is 14.6 Å². The van der Waals surface area contributed by atoms with Gasteiger partial charge in [0.05, 0.1) is 13.7 Å². The minimum atomic E-state index is 0.206. The molecule has 0 fully saturated rings. The van der Waals surface area contributed by atoms with Gasteiger partial charge in [-0.2, -0.15) is 0 Å². The first-order chi connectivity index (χ1) is 6.27. The molecule has 0 aliphatic carbocycles. The highest BCUT2D eigenvalue weighted by atomic mass is 16.5. The quantitative estimate of drug-likeness (QED) is 0.773. The molecule has 0 aromatic heterocycles. The number of ether oxygens (including phenoxy) is 2. The van der Waals surface area contributed by atoms with E-state index in [4.69, 9.17) is 9.47 Å². The topological polar surface area (TPSA) is 38.7 Å². The molecular weight excluding hydrogens is 168 g/mol. The van der Waals surface area contributed by atoms with Gasteiger partial charge in [0.25, 0.3) is 0 Å². The van der Waals surface area contributed by atoms with Crippen LogP contribution < -0.4 is 4.74 Å². The van der Waals surface area contributed by atoms with Crippen LogP contribution in [-0.4, -0.2) is 18.8 Å². The number of rotatable bonds is 4. The van der Waals surface area contributed by atoms with Gasteiger partial charge in [0, 0.05) is 18.2 Å². The van der Waals surface area contributed by atoms with Gasteiger partial charge in [-0.25, -0.2) is 0 Å². The molecule has 0 heterocycles. The average molecular weight is 182 g/mol. The smallest absolute Gasteiger partial charge is 0.128 e. The Kier molecular flexibility index (Phi) is 3.58. The van der Waals surface area contributed by atoms with Crippen LogP contribution in [0.1, 0.15) is 12.5 Å². The molecule has 0 unspecified atom stereocenters. The molecular formula is C10H14O3. The van der Waals surface area contributed by atoms with Crippen LogP contribution in [0.25, 0.3) is 0 Å². The van der Waals surface area contributed by atoms with Crippen LogP contribution in [0.4, 0.5) is 0 Å². The van der Waals surface area contributed by atoms with Gasteiger partial charge in [0.15, 0.2) is 0 Å². The van der Waals surface area contributed by atoms with E-state index in [9.17, 15) is 5.11 Å². The van der Waals surface area contributed by atoms with Gasteiger partial charge in [-0.3, -0.25) is 0 Å². The zero-order valence-electron chi connectivity index (χ0n) is 7.91. The summed E-state index contributed by atoms with van der Waals surface area (Å²) in [5.41, 5.74) is 0.946. The van der Waals surface area contributed by atoms with Gasteiger partial charge in [0.2, 0.25) is 0 Å². The van der Waals surface area contributed by atoms with E-state index in [0.29, 0.717) is 19.0 Å². The minimum absolute atomic E-state index is 0.206. The van der Waals surface area contributed by atoms with Gasteiger partial charge in [0.1, 0.15) is 11.5 Å². The van der Waals surface area contributed by atoms with E-state index in [2.05, 4.69) is 0 Å². The van der Waals surface area contributed by atoms with Crippen molar-refractivity contribution in [2.45, 2.75) is 13.5 Å². The molecule has 0 saturated carbocycles. The van der Waals surface area contributed by atoms with Gasteiger partial charge in [-0.15, -0.1) is 0 Å². The molecule has 0 aliphatic heterocycles. The number of hydrogen-bond acceptors (Lipinski definition) is 3. The van der Waals surface area contributed by atoms with Gasteiger partial charge in [-0.1, -0.05) is 0 Å². The van der Waals surface area contributed by atoms with E-state index in [1.165, 1.54) is 0 Å². The van der Waals surface area contributed by atoms with Crippen LogP contribution in [0.15, 0.2) is 18.2 Å². The van der Waals surface area contributed by atoms with Crippen molar-refractivity contribution in [2.75, 3.05) is 13.7 Å². The first-order valence-corrected chi connectivity index (χ1v) is 4.21. The number of benzene rings is 1. The lowest BCUT2D eigenvalue weighted by Crippen LogP contribution is -1.95. The normalized spacial score (nSPS) is 10.0. The van der Waals surface area contributed by atoms with Crippen molar-refractivity contribution in [3.63, 3.8) is 0 Å². The molecule has 0 bridgehead atoms. The maximum atomic E-state index is 9.17. The lowest BCUT2D eigenvalue weighted by Gasteiger charge is -2.08. The minimum Gasteiger partial charge on any atom is -0.508 e. The molecule has 3 heteroatoms. The summed E-state index contributed by atoms with van der Waals surface area (Å²) < 4.78 is 10.3. The molecule has 0 aliphatic rings. The highest BCUT2D eigenvalue weighted by Gasteiger charge is 2.03. The van der Waals surface area contributed by atoms with Crippen LogP contribution in [0, 0.1) is 0 Å². The van der Waals surface area contributed by atoms with E-state index in [-0.39, 0.29) is 5.75 Å². The van der Waals surface area contributed by atoms with E-state index < -0.39 is 0 Å². The van der Waals surface area contributed by atoms with Crippen molar-refractivity contribution in [3.8, 4) is 11.5 Å². The lowest BCUT2D eigenvalue weighted by molar-refractivity contribution is 0.132. The third-order valence-electron chi connectivity index (χ3n) is 1.73. The van der Waals surface area contributed by atoms with E-state index in [1.807, 2.05) is 6.92 Å². The Morgan fingerprint density at radius 2 is 2.15 bits per heavy atom. The predicted octanol–water partition coefficient (Wildman–Crippen LogP) is 1.94. The summed E-state index contributed by atoms with van der Waals surface area (Å²) in [6, 6.07) is 5.00. The van der Waals surface area contributed by atoms with Gasteiger partial charge in [-0.05, 0) is 19.1 Å². The fourth-order valence-electron chi connectivity index (χ4n) is 1.06. The molecule has 0 radical (unpaired) electrons. The zero-order valence-corrected chi connectivity index (χ0v) is 7.91. The molecule has 3 nitrogen and oxygen atoms in total. The number of phenols is 1. The molecule has 1 aromatic carbocycles. The molecule has 0 amide bonds.